The van der Waals surface area contributed by atoms with E-state index in [0.29, 0.717) is 25.5 Å². The summed E-state index contributed by atoms with van der Waals surface area (Å²) >= 11 is 0. The Bertz CT molecular complexity index is 235. The number of rotatable bonds is 4. The topological polar surface area (TPSA) is 38.8 Å². The quantitative estimate of drug-likeness (QED) is 0.479. The minimum absolute atomic E-state index is 0.343. The highest BCUT2D eigenvalue weighted by Gasteiger charge is 2.06. The predicted molar refractivity (Wildman–Crippen MR) is 47.6 cm³/mol. The average molecular weight is 183 g/mol. The van der Waals surface area contributed by atoms with Gasteiger partial charge in [-0.25, -0.2) is 4.79 Å². The molecule has 1 aliphatic rings. The van der Waals surface area contributed by atoms with Crippen LogP contribution in [0.5, 0.6) is 0 Å². The highest BCUT2D eigenvalue weighted by atomic mass is 16.5. The molecule has 1 heterocycles. The Morgan fingerprint density at radius 3 is 3.08 bits per heavy atom. The Labute approximate surface area is 77.4 Å². The molecule has 0 bridgehead atoms. The normalized spacial score (nSPS) is 14.1. The second-order valence-corrected chi connectivity index (χ2v) is 2.81. The van der Waals surface area contributed by atoms with Gasteiger partial charge in [-0.15, -0.1) is 0 Å². The summed E-state index contributed by atoms with van der Waals surface area (Å²) in [5.41, 5.74) is 0.424. The van der Waals surface area contributed by atoms with Crippen LogP contribution in [-0.4, -0.2) is 30.8 Å². The van der Waals surface area contributed by atoms with Crippen molar-refractivity contribution in [3.63, 3.8) is 0 Å². The van der Waals surface area contributed by atoms with E-state index in [1.807, 2.05) is 11.1 Å². The third-order valence-electron chi connectivity index (χ3n) is 1.57. The van der Waals surface area contributed by atoms with E-state index in [9.17, 15) is 4.79 Å². The molecular formula is C9H13NO3. The van der Waals surface area contributed by atoms with Gasteiger partial charge in [0.25, 0.3) is 0 Å². The van der Waals surface area contributed by atoms with Gasteiger partial charge < -0.3 is 14.4 Å². The Balaban J connectivity index is 2.10. The van der Waals surface area contributed by atoms with E-state index in [-0.39, 0.29) is 5.97 Å². The first-order chi connectivity index (χ1) is 6.20. The van der Waals surface area contributed by atoms with E-state index < -0.39 is 0 Å². The van der Waals surface area contributed by atoms with Crippen molar-refractivity contribution in [3.8, 4) is 0 Å². The Morgan fingerprint density at radius 2 is 2.54 bits per heavy atom. The Hall–Kier alpha value is -1.45. The summed E-state index contributed by atoms with van der Waals surface area (Å²) in [7, 11) is 0. The van der Waals surface area contributed by atoms with E-state index in [1.165, 1.54) is 0 Å². The monoisotopic (exact) mass is 183 g/mol. The minimum Gasteiger partial charge on any atom is -0.479 e. The van der Waals surface area contributed by atoms with Crippen LogP contribution < -0.4 is 0 Å². The fraction of sp³-hybridized carbons (Fsp3) is 0.444. The van der Waals surface area contributed by atoms with Crippen molar-refractivity contribution in [3.05, 3.63) is 24.6 Å². The zero-order chi connectivity index (χ0) is 9.68. The number of hydrogen-bond donors (Lipinski definition) is 0. The largest absolute Gasteiger partial charge is 0.479 e. The molecule has 72 valence electrons. The third kappa shape index (κ3) is 3.19. The molecule has 0 radical (unpaired) electrons. The molecule has 0 aromatic heterocycles. The lowest BCUT2D eigenvalue weighted by atomic mass is 10.4. The number of esters is 1. The maximum absolute atomic E-state index is 10.9. The summed E-state index contributed by atoms with van der Waals surface area (Å²) in [5, 5.41) is 0. The van der Waals surface area contributed by atoms with Crippen molar-refractivity contribution in [2.45, 2.75) is 6.92 Å². The molecule has 1 aliphatic heterocycles. The van der Waals surface area contributed by atoms with Crippen molar-refractivity contribution in [1.82, 2.24) is 4.90 Å². The second-order valence-electron chi connectivity index (χ2n) is 2.81. The smallest absolute Gasteiger partial charge is 0.333 e. The van der Waals surface area contributed by atoms with E-state index in [0.717, 1.165) is 0 Å². The van der Waals surface area contributed by atoms with Crippen LogP contribution >= 0.6 is 0 Å². The van der Waals surface area contributed by atoms with Gasteiger partial charge in [0.2, 0.25) is 0 Å². The maximum atomic E-state index is 10.9. The van der Waals surface area contributed by atoms with Crippen LogP contribution in [0.4, 0.5) is 0 Å². The van der Waals surface area contributed by atoms with Crippen LogP contribution in [0.25, 0.3) is 0 Å². The molecule has 0 unspecified atom stereocenters. The highest BCUT2D eigenvalue weighted by Crippen LogP contribution is 2.00. The van der Waals surface area contributed by atoms with E-state index in [4.69, 9.17) is 9.47 Å². The van der Waals surface area contributed by atoms with Gasteiger partial charge in [-0.1, -0.05) is 6.58 Å². The Morgan fingerprint density at radius 1 is 1.77 bits per heavy atom. The summed E-state index contributed by atoms with van der Waals surface area (Å²) in [6, 6.07) is 0. The first-order valence-electron chi connectivity index (χ1n) is 4.05. The van der Waals surface area contributed by atoms with Gasteiger partial charge in [0.15, 0.2) is 6.73 Å². The molecule has 0 N–H and O–H groups in total. The van der Waals surface area contributed by atoms with E-state index in [2.05, 4.69) is 6.58 Å². The number of carbonyl (C=O) groups is 1. The van der Waals surface area contributed by atoms with Crippen LogP contribution in [-0.2, 0) is 14.3 Å². The van der Waals surface area contributed by atoms with Crippen LogP contribution in [0, 0.1) is 0 Å². The lowest BCUT2D eigenvalue weighted by molar-refractivity contribution is -0.139. The minimum atomic E-state index is -0.343. The van der Waals surface area contributed by atoms with Gasteiger partial charge in [0.1, 0.15) is 12.9 Å². The first kappa shape index (κ1) is 9.64. The molecule has 0 saturated heterocycles. The van der Waals surface area contributed by atoms with Crippen LogP contribution in [0.3, 0.4) is 0 Å². The van der Waals surface area contributed by atoms with Crippen molar-refractivity contribution < 1.29 is 14.3 Å². The summed E-state index contributed by atoms with van der Waals surface area (Å²) in [6.45, 7) is 6.65. The molecule has 0 atom stereocenters. The Kier molecular flexibility index (Phi) is 3.37. The first-order valence-corrected chi connectivity index (χ1v) is 4.05. The molecular weight excluding hydrogens is 170 g/mol. The van der Waals surface area contributed by atoms with Crippen molar-refractivity contribution in [2.75, 3.05) is 19.9 Å². The zero-order valence-electron chi connectivity index (χ0n) is 7.66. The second kappa shape index (κ2) is 4.54. The SMILES string of the molecule is C=C(C)C(=O)OCCN1C=COC1. The molecule has 1 rings (SSSR count). The molecule has 0 amide bonds. The van der Waals surface area contributed by atoms with Crippen molar-refractivity contribution >= 4 is 5.97 Å². The standard InChI is InChI=1S/C9H13NO3/c1-8(2)9(11)13-6-4-10-3-5-12-7-10/h3,5H,1,4,6-7H2,2H3. The number of nitrogens with zero attached hydrogens (tertiary/aromatic N) is 1. The van der Waals surface area contributed by atoms with Gasteiger partial charge in [-0.05, 0) is 6.92 Å². The molecule has 0 aliphatic carbocycles. The summed E-state index contributed by atoms with van der Waals surface area (Å²) in [6.07, 6.45) is 3.43. The van der Waals surface area contributed by atoms with Gasteiger partial charge in [0.05, 0.1) is 6.54 Å². The highest BCUT2D eigenvalue weighted by molar-refractivity contribution is 5.86. The maximum Gasteiger partial charge on any atom is 0.333 e. The molecule has 4 nitrogen and oxygen atoms in total. The van der Waals surface area contributed by atoms with Crippen molar-refractivity contribution in [1.29, 1.82) is 0 Å². The van der Waals surface area contributed by atoms with Crippen molar-refractivity contribution in [2.24, 2.45) is 0 Å². The number of ether oxygens (including phenoxy) is 2. The average Bonchev–Trinajstić information content (AvgIpc) is 2.56. The summed E-state index contributed by atoms with van der Waals surface area (Å²) in [5.74, 6) is -0.343. The molecule has 13 heavy (non-hydrogen) atoms. The fourth-order valence-electron chi connectivity index (χ4n) is 0.829. The zero-order valence-corrected chi connectivity index (χ0v) is 7.66. The fourth-order valence-corrected chi connectivity index (χ4v) is 0.829. The molecule has 4 heteroatoms. The summed E-state index contributed by atoms with van der Waals surface area (Å²) < 4.78 is 9.85. The summed E-state index contributed by atoms with van der Waals surface area (Å²) in [4.78, 5) is 12.8. The van der Waals surface area contributed by atoms with Gasteiger partial charge in [-0.2, -0.15) is 0 Å². The third-order valence-corrected chi connectivity index (χ3v) is 1.57. The van der Waals surface area contributed by atoms with E-state index in [1.54, 1.807) is 13.2 Å². The number of carbonyl (C=O) groups excluding carboxylic acids is 1. The van der Waals surface area contributed by atoms with E-state index >= 15 is 0 Å². The molecule has 0 spiro atoms. The van der Waals surface area contributed by atoms with Gasteiger partial charge >= 0.3 is 5.97 Å². The molecule has 0 fully saturated rings. The van der Waals surface area contributed by atoms with Gasteiger partial charge in [-0.3, -0.25) is 0 Å². The predicted octanol–water partition coefficient (Wildman–Crippen LogP) is 0.867. The van der Waals surface area contributed by atoms with Crippen LogP contribution in [0.15, 0.2) is 24.6 Å². The van der Waals surface area contributed by atoms with Gasteiger partial charge in [0, 0.05) is 11.8 Å². The van der Waals surface area contributed by atoms with Crippen LogP contribution in [0.1, 0.15) is 6.92 Å². The van der Waals surface area contributed by atoms with Crippen LogP contribution in [0.2, 0.25) is 0 Å². The lowest BCUT2D eigenvalue weighted by Crippen LogP contribution is -2.22. The lowest BCUT2D eigenvalue weighted by Gasteiger charge is -2.13. The number of hydrogen-bond acceptors (Lipinski definition) is 4. The molecule has 0 aromatic rings. The molecule has 0 aromatic carbocycles. The molecule has 0 saturated carbocycles.